The van der Waals surface area contributed by atoms with Crippen molar-refractivity contribution in [3.05, 3.63) is 22.5 Å². The fourth-order valence-electron chi connectivity index (χ4n) is 4.18. The Morgan fingerprint density at radius 3 is 2.66 bits per heavy atom. The van der Waals surface area contributed by atoms with Crippen LogP contribution in [-0.4, -0.2) is 63.2 Å². The Hall–Kier alpha value is -2.14. The first-order chi connectivity index (χ1) is 14.9. The maximum absolute atomic E-state index is 12.8. The van der Waals surface area contributed by atoms with Crippen LogP contribution in [0.1, 0.15) is 43.9 Å². The van der Waals surface area contributed by atoms with Gasteiger partial charge < -0.3 is 10.4 Å². The molecule has 2 fully saturated rings. The van der Waals surface area contributed by atoms with E-state index in [4.69, 9.17) is 11.6 Å². The minimum Gasteiger partial charge on any atom is -0.390 e. The average molecular weight is 493 g/mol. The zero-order chi connectivity index (χ0) is 23.5. The van der Waals surface area contributed by atoms with Gasteiger partial charge in [0.25, 0.3) is 0 Å². The number of aliphatic hydroxyl groups excluding tert-OH is 1. The SMILES string of the molecule is CCC1(c2c(C#N)c(Cl)c3cnc(N[C@@H]4CCN(S(=O)(=O)C(F)(F)F)C[C@H]4O)nn23)CC1. The van der Waals surface area contributed by atoms with Crippen molar-refractivity contribution in [3.8, 4) is 6.07 Å². The molecule has 1 saturated heterocycles. The number of fused-ring (bicyclic) bond motifs is 1. The van der Waals surface area contributed by atoms with Crippen molar-refractivity contribution in [2.45, 2.75) is 55.7 Å². The van der Waals surface area contributed by atoms with E-state index in [1.54, 1.807) is 4.52 Å². The van der Waals surface area contributed by atoms with E-state index in [0.717, 1.165) is 19.3 Å². The van der Waals surface area contributed by atoms with Crippen LogP contribution in [0.4, 0.5) is 19.1 Å². The summed E-state index contributed by atoms with van der Waals surface area (Å²) < 4.78 is 63.3. The van der Waals surface area contributed by atoms with Gasteiger partial charge in [-0.05, 0) is 25.7 Å². The lowest BCUT2D eigenvalue weighted by Gasteiger charge is -2.35. The molecule has 0 aromatic carbocycles. The lowest BCUT2D eigenvalue weighted by molar-refractivity contribution is -0.0510. The van der Waals surface area contributed by atoms with Gasteiger partial charge in [-0.2, -0.15) is 22.7 Å². The van der Waals surface area contributed by atoms with E-state index in [9.17, 15) is 32.0 Å². The molecule has 2 aliphatic rings. The van der Waals surface area contributed by atoms with E-state index in [1.807, 2.05) is 6.92 Å². The summed E-state index contributed by atoms with van der Waals surface area (Å²) in [5.41, 5.74) is -4.15. The first-order valence-corrected chi connectivity index (χ1v) is 11.8. The van der Waals surface area contributed by atoms with E-state index in [1.165, 1.54) is 6.20 Å². The summed E-state index contributed by atoms with van der Waals surface area (Å²) in [6.07, 6.45) is 2.51. The van der Waals surface area contributed by atoms with Crippen molar-refractivity contribution < 1.29 is 26.7 Å². The minimum atomic E-state index is -5.52. The van der Waals surface area contributed by atoms with Gasteiger partial charge in [-0.25, -0.2) is 17.9 Å². The Bertz CT molecular complexity index is 1210. The number of alkyl halides is 3. The third-order valence-electron chi connectivity index (χ3n) is 6.26. The second-order valence-electron chi connectivity index (χ2n) is 8.08. The molecule has 2 aromatic heterocycles. The van der Waals surface area contributed by atoms with Crippen molar-refractivity contribution in [2.75, 3.05) is 18.4 Å². The summed E-state index contributed by atoms with van der Waals surface area (Å²) in [4.78, 5) is 4.16. The van der Waals surface area contributed by atoms with Gasteiger partial charge in [0.2, 0.25) is 5.95 Å². The van der Waals surface area contributed by atoms with Crippen LogP contribution in [0.5, 0.6) is 0 Å². The predicted molar refractivity (Wildman–Crippen MR) is 108 cm³/mol. The molecular weight excluding hydrogens is 473 g/mol. The molecule has 14 heteroatoms. The summed E-state index contributed by atoms with van der Waals surface area (Å²) in [5.74, 6) is 0.0815. The molecule has 3 heterocycles. The molecule has 0 unspecified atom stereocenters. The lowest BCUT2D eigenvalue weighted by Crippen LogP contribution is -2.54. The molecule has 2 atom stereocenters. The monoisotopic (exact) mass is 492 g/mol. The number of rotatable bonds is 5. The van der Waals surface area contributed by atoms with Crippen LogP contribution in [0.2, 0.25) is 5.02 Å². The number of hydrogen-bond donors (Lipinski definition) is 2. The normalized spacial score (nSPS) is 23.8. The molecule has 1 aliphatic carbocycles. The Morgan fingerprint density at radius 1 is 1.44 bits per heavy atom. The second kappa shape index (κ2) is 7.72. The summed E-state index contributed by atoms with van der Waals surface area (Å²) in [6.45, 7) is 0.887. The van der Waals surface area contributed by atoms with Crippen LogP contribution >= 0.6 is 11.6 Å². The topological polar surface area (TPSA) is 124 Å². The molecule has 0 amide bonds. The van der Waals surface area contributed by atoms with Crippen LogP contribution < -0.4 is 5.32 Å². The largest absolute Gasteiger partial charge is 0.511 e. The number of halogens is 4. The number of sulfonamides is 1. The van der Waals surface area contributed by atoms with E-state index >= 15 is 0 Å². The van der Waals surface area contributed by atoms with E-state index in [2.05, 4.69) is 21.5 Å². The second-order valence-corrected chi connectivity index (χ2v) is 10.4. The lowest BCUT2D eigenvalue weighted by atomic mass is 9.96. The van der Waals surface area contributed by atoms with Gasteiger partial charge in [0, 0.05) is 18.5 Å². The van der Waals surface area contributed by atoms with Gasteiger partial charge in [0.05, 0.1) is 34.6 Å². The van der Waals surface area contributed by atoms with E-state index in [0.29, 0.717) is 16.8 Å². The number of nitriles is 1. The van der Waals surface area contributed by atoms with Crippen molar-refractivity contribution in [3.63, 3.8) is 0 Å². The molecule has 32 heavy (non-hydrogen) atoms. The van der Waals surface area contributed by atoms with Crippen molar-refractivity contribution in [1.82, 2.24) is 18.9 Å². The number of nitrogens with zero attached hydrogens (tertiary/aromatic N) is 5. The number of aromatic nitrogens is 3. The fourth-order valence-corrected chi connectivity index (χ4v) is 5.43. The van der Waals surface area contributed by atoms with Crippen molar-refractivity contribution in [1.29, 1.82) is 5.26 Å². The van der Waals surface area contributed by atoms with Gasteiger partial charge in [-0.1, -0.05) is 18.5 Å². The van der Waals surface area contributed by atoms with Crippen molar-refractivity contribution in [2.24, 2.45) is 0 Å². The van der Waals surface area contributed by atoms with Gasteiger partial charge in [-0.3, -0.25) is 0 Å². The Morgan fingerprint density at radius 2 is 2.12 bits per heavy atom. The van der Waals surface area contributed by atoms with Crippen molar-refractivity contribution >= 4 is 33.1 Å². The molecule has 0 bridgehead atoms. The predicted octanol–water partition coefficient (Wildman–Crippen LogP) is 2.39. The zero-order valence-corrected chi connectivity index (χ0v) is 18.5. The highest BCUT2D eigenvalue weighted by molar-refractivity contribution is 7.90. The molecule has 2 aromatic rings. The quantitative estimate of drug-likeness (QED) is 0.656. The average Bonchev–Trinajstić information content (AvgIpc) is 3.47. The summed E-state index contributed by atoms with van der Waals surface area (Å²) in [7, 11) is -5.52. The summed E-state index contributed by atoms with van der Waals surface area (Å²) in [5, 5.41) is 27.5. The third-order valence-corrected chi connectivity index (χ3v) is 8.24. The zero-order valence-electron chi connectivity index (χ0n) is 16.9. The first kappa shape index (κ1) is 23.0. The van der Waals surface area contributed by atoms with Gasteiger partial charge in [0.15, 0.2) is 0 Å². The summed E-state index contributed by atoms with van der Waals surface area (Å²) >= 11 is 6.38. The molecule has 2 N–H and O–H groups in total. The number of piperidine rings is 1. The van der Waals surface area contributed by atoms with Gasteiger partial charge in [-0.15, -0.1) is 5.10 Å². The standard InChI is InChI=1S/C18H20ClF3N6O3S/c1-2-17(4-5-17)15-10(7-23)14(19)12-8-24-16(26-28(12)15)25-11-3-6-27(9-13(11)29)32(30,31)18(20,21)22/h8,11,13,29H,2-6,9H2,1H3,(H,25,26)/t11-,13-/m1/s1. The Kier molecular flexibility index (Phi) is 5.56. The van der Waals surface area contributed by atoms with Crippen LogP contribution in [-0.2, 0) is 15.4 Å². The molecule has 1 saturated carbocycles. The third kappa shape index (κ3) is 3.59. The highest BCUT2D eigenvalue weighted by Crippen LogP contribution is 2.53. The molecule has 4 rings (SSSR count). The van der Waals surface area contributed by atoms with Crippen LogP contribution in [0.15, 0.2) is 6.20 Å². The highest BCUT2D eigenvalue weighted by atomic mass is 35.5. The molecule has 9 nitrogen and oxygen atoms in total. The van der Waals surface area contributed by atoms with Crippen LogP contribution in [0.25, 0.3) is 5.52 Å². The molecule has 0 spiro atoms. The maximum Gasteiger partial charge on any atom is 0.511 e. The number of anilines is 1. The van der Waals surface area contributed by atoms with Crippen LogP contribution in [0, 0.1) is 11.3 Å². The molecule has 1 aliphatic heterocycles. The van der Waals surface area contributed by atoms with Crippen LogP contribution in [0.3, 0.4) is 0 Å². The summed E-state index contributed by atoms with van der Waals surface area (Å²) in [6, 6.07) is 1.37. The number of hydrogen-bond acceptors (Lipinski definition) is 7. The van der Waals surface area contributed by atoms with Gasteiger partial charge >= 0.3 is 15.5 Å². The van der Waals surface area contributed by atoms with E-state index in [-0.39, 0.29) is 27.1 Å². The molecular formula is C18H20ClF3N6O3S. The maximum atomic E-state index is 12.8. The molecule has 174 valence electrons. The Labute approximate surface area is 186 Å². The Balaban J connectivity index is 1.60. The highest BCUT2D eigenvalue weighted by Gasteiger charge is 2.52. The minimum absolute atomic E-state index is 0.0815. The number of nitrogens with one attached hydrogen (secondary N) is 1. The number of aliphatic hydroxyl groups is 1. The smallest absolute Gasteiger partial charge is 0.390 e. The first-order valence-electron chi connectivity index (χ1n) is 9.94. The fraction of sp³-hybridized carbons (Fsp3) is 0.611. The van der Waals surface area contributed by atoms with E-state index < -0.39 is 40.8 Å². The van der Waals surface area contributed by atoms with Gasteiger partial charge in [0.1, 0.15) is 11.6 Å². The number of β-amino-alcohol motifs (C(OH)–C–C–N with tert-alkyl or cyclic N) is 1. The molecule has 0 radical (unpaired) electrons.